The molecule has 1 unspecified atom stereocenters. The fourth-order valence-corrected chi connectivity index (χ4v) is 2.37. The first-order valence-corrected chi connectivity index (χ1v) is 6.36. The summed E-state index contributed by atoms with van der Waals surface area (Å²) in [5, 5.41) is 0. The molecule has 0 aromatic heterocycles. The van der Waals surface area contributed by atoms with Crippen LogP contribution < -0.4 is 0 Å². The highest BCUT2D eigenvalue weighted by Crippen LogP contribution is 2.18. The van der Waals surface area contributed by atoms with Crippen LogP contribution in [0.25, 0.3) is 0 Å². The lowest BCUT2D eigenvalue weighted by molar-refractivity contribution is -0.139. The van der Waals surface area contributed by atoms with E-state index in [1.807, 2.05) is 0 Å². The van der Waals surface area contributed by atoms with E-state index in [2.05, 4.69) is 9.89 Å². The fourth-order valence-electron chi connectivity index (χ4n) is 2.37. The summed E-state index contributed by atoms with van der Waals surface area (Å²) >= 11 is 0. The molecule has 6 heteroatoms. The van der Waals surface area contributed by atoms with Crippen LogP contribution in [0, 0.1) is 5.92 Å². The van der Waals surface area contributed by atoms with Crippen molar-refractivity contribution in [1.82, 2.24) is 9.80 Å². The van der Waals surface area contributed by atoms with Crippen LogP contribution >= 0.6 is 0 Å². The molecule has 0 radical (unpaired) electrons. The Hall–Kier alpha value is -1.79. The van der Waals surface area contributed by atoms with Crippen molar-refractivity contribution in [3.05, 3.63) is 24.4 Å². The fraction of sp³-hybridized carbons (Fsp3) is 0.462. The summed E-state index contributed by atoms with van der Waals surface area (Å²) in [5.41, 5.74) is 0. The SMILES string of the molecule is O=C1N=C2C=CC=CN2C(=O)C1CN1CCOCC1. The molecule has 3 aliphatic rings. The number of nitrogens with zero attached hydrogens (tertiary/aromatic N) is 3. The number of amidine groups is 1. The van der Waals surface area contributed by atoms with Crippen molar-refractivity contribution in [3.8, 4) is 0 Å². The predicted molar refractivity (Wildman–Crippen MR) is 68.3 cm³/mol. The van der Waals surface area contributed by atoms with Crippen LogP contribution in [-0.2, 0) is 14.3 Å². The lowest BCUT2D eigenvalue weighted by Crippen LogP contribution is -2.50. The highest BCUT2D eigenvalue weighted by molar-refractivity contribution is 6.20. The molecule has 0 aliphatic carbocycles. The Morgan fingerprint density at radius 1 is 1.26 bits per heavy atom. The van der Waals surface area contributed by atoms with E-state index in [0.717, 1.165) is 13.1 Å². The smallest absolute Gasteiger partial charge is 0.261 e. The molecule has 3 heterocycles. The summed E-state index contributed by atoms with van der Waals surface area (Å²) in [6, 6.07) is 0. The van der Waals surface area contributed by atoms with Gasteiger partial charge in [0.1, 0.15) is 11.8 Å². The predicted octanol–water partition coefficient (Wildman–Crippen LogP) is -0.214. The summed E-state index contributed by atoms with van der Waals surface area (Å²) in [4.78, 5) is 31.8. The number of hydrogen-bond acceptors (Lipinski definition) is 4. The van der Waals surface area contributed by atoms with Crippen LogP contribution in [0.1, 0.15) is 0 Å². The molecule has 1 atom stereocenters. The molecule has 0 aromatic rings. The van der Waals surface area contributed by atoms with Crippen LogP contribution in [0.2, 0.25) is 0 Å². The Bertz CT molecular complexity index is 489. The van der Waals surface area contributed by atoms with Gasteiger partial charge in [-0.2, -0.15) is 4.99 Å². The van der Waals surface area contributed by atoms with Gasteiger partial charge in [-0.25, -0.2) is 0 Å². The Labute approximate surface area is 111 Å². The van der Waals surface area contributed by atoms with E-state index in [0.29, 0.717) is 25.6 Å². The zero-order valence-electron chi connectivity index (χ0n) is 10.5. The van der Waals surface area contributed by atoms with Crippen LogP contribution in [0.4, 0.5) is 0 Å². The van der Waals surface area contributed by atoms with Gasteiger partial charge in [-0.15, -0.1) is 0 Å². The van der Waals surface area contributed by atoms with Gasteiger partial charge in [-0.05, 0) is 12.2 Å². The first kappa shape index (κ1) is 12.3. The number of hydrogen-bond donors (Lipinski definition) is 0. The van der Waals surface area contributed by atoms with E-state index in [1.165, 1.54) is 4.90 Å². The maximum atomic E-state index is 12.3. The number of morpholine rings is 1. The lowest BCUT2D eigenvalue weighted by Gasteiger charge is -2.33. The van der Waals surface area contributed by atoms with Crippen molar-refractivity contribution in [3.63, 3.8) is 0 Å². The molecule has 2 amide bonds. The summed E-state index contributed by atoms with van der Waals surface area (Å²) in [7, 11) is 0. The lowest BCUT2D eigenvalue weighted by atomic mass is 10.0. The molecule has 0 aromatic carbocycles. The number of allylic oxidation sites excluding steroid dienone is 2. The number of aliphatic imine (C=N–C) groups is 1. The normalized spacial score (nSPS) is 27.5. The summed E-state index contributed by atoms with van der Waals surface area (Å²) in [6.45, 7) is 3.23. The van der Waals surface area contributed by atoms with Gasteiger partial charge >= 0.3 is 0 Å². The monoisotopic (exact) mass is 261 g/mol. The third-order valence-electron chi connectivity index (χ3n) is 3.44. The van der Waals surface area contributed by atoms with Crippen LogP contribution in [0.15, 0.2) is 29.4 Å². The molecule has 3 rings (SSSR count). The molecular formula is C13H15N3O3. The molecule has 1 saturated heterocycles. The number of amides is 2. The molecule has 1 fully saturated rings. The number of carbonyl (C=O) groups excluding carboxylic acids is 2. The van der Waals surface area contributed by atoms with Gasteiger partial charge in [0, 0.05) is 25.8 Å². The second-order valence-electron chi connectivity index (χ2n) is 4.68. The van der Waals surface area contributed by atoms with Crippen molar-refractivity contribution >= 4 is 17.6 Å². The second-order valence-corrected chi connectivity index (χ2v) is 4.68. The van der Waals surface area contributed by atoms with Crippen molar-refractivity contribution < 1.29 is 14.3 Å². The first-order chi connectivity index (χ1) is 9.25. The maximum absolute atomic E-state index is 12.3. The minimum Gasteiger partial charge on any atom is -0.379 e. The molecule has 0 saturated carbocycles. The van der Waals surface area contributed by atoms with E-state index >= 15 is 0 Å². The molecule has 0 N–H and O–H groups in total. The second kappa shape index (κ2) is 5.07. The Morgan fingerprint density at radius 2 is 2.05 bits per heavy atom. The average molecular weight is 261 g/mol. The van der Waals surface area contributed by atoms with Crippen molar-refractivity contribution in [1.29, 1.82) is 0 Å². The van der Waals surface area contributed by atoms with Crippen LogP contribution in [0.3, 0.4) is 0 Å². The zero-order valence-corrected chi connectivity index (χ0v) is 10.5. The number of carbonyl (C=O) groups is 2. The third-order valence-corrected chi connectivity index (χ3v) is 3.44. The largest absolute Gasteiger partial charge is 0.379 e. The molecule has 19 heavy (non-hydrogen) atoms. The molecular weight excluding hydrogens is 246 g/mol. The quantitative estimate of drug-likeness (QED) is 0.645. The summed E-state index contributed by atoms with van der Waals surface area (Å²) in [6.07, 6.45) is 6.84. The highest BCUT2D eigenvalue weighted by atomic mass is 16.5. The maximum Gasteiger partial charge on any atom is 0.261 e. The van der Waals surface area contributed by atoms with Crippen LogP contribution in [0.5, 0.6) is 0 Å². The number of fused-ring (bicyclic) bond motifs is 1. The van der Waals surface area contributed by atoms with Gasteiger partial charge in [-0.1, -0.05) is 6.08 Å². The summed E-state index contributed by atoms with van der Waals surface area (Å²) in [5.74, 6) is -0.821. The number of ether oxygens (including phenoxy) is 1. The summed E-state index contributed by atoms with van der Waals surface area (Å²) < 4.78 is 5.26. The Morgan fingerprint density at radius 3 is 2.84 bits per heavy atom. The first-order valence-electron chi connectivity index (χ1n) is 6.36. The Balaban J connectivity index is 1.76. The molecule has 0 spiro atoms. The van der Waals surface area contributed by atoms with Gasteiger partial charge in [0.05, 0.1) is 13.2 Å². The highest BCUT2D eigenvalue weighted by Gasteiger charge is 2.37. The number of rotatable bonds is 2. The van der Waals surface area contributed by atoms with Crippen molar-refractivity contribution in [2.75, 3.05) is 32.8 Å². The van der Waals surface area contributed by atoms with E-state index in [9.17, 15) is 9.59 Å². The van der Waals surface area contributed by atoms with Crippen LogP contribution in [-0.4, -0.2) is 60.3 Å². The van der Waals surface area contributed by atoms with Gasteiger partial charge in [-0.3, -0.25) is 19.4 Å². The van der Waals surface area contributed by atoms with Crippen molar-refractivity contribution in [2.45, 2.75) is 0 Å². The minimum absolute atomic E-state index is 0.193. The van der Waals surface area contributed by atoms with Gasteiger partial charge < -0.3 is 4.74 Å². The average Bonchev–Trinajstić information content (AvgIpc) is 2.45. The molecule has 0 bridgehead atoms. The Kier molecular flexibility index (Phi) is 3.27. The topological polar surface area (TPSA) is 62.2 Å². The standard InChI is InChI=1S/C13H15N3O3/c17-12-10(9-15-5-7-19-8-6-15)13(18)16-4-2-1-3-11(16)14-12/h1-4,10H,5-9H2. The molecule has 6 nitrogen and oxygen atoms in total. The molecule has 100 valence electrons. The van der Waals surface area contributed by atoms with E-state index in [4.69, 9.17) is 4.74 Å². The van der Waals surface area contributed by atoms with Crippen molar-refractivity contribution in [2.24, 2.45) is 10.9 Å². The zero-order chi connectivity index (χ0) is 13.2. The van der Waals surface area contributed by atoms with E-state index in [-0.39, 0.29) is 11.8 Å². The minimum atomic E-state index is -0.696. The molecule has 3 aliphatic heterocycles. The van der Waals surface area contributed by atoms with E-state index < -0.39 is 5.92 Å². The van der Waals surface area contributed by atoms with Gasteiger partial charge in [0.25, 0.3) is 5.91 Å². The third kappa shape index (κ3) is 2.36. The van der Waals surface area contributed by atoms with Gasteiger partial charge in [0.15, 0.2) is 0 Å². The van der Waals surface area contributed by atoms with E-state index in [1.54, 1.807) is 24.4 Å². The van der Waals surface area contributed by atoms with Gasteiger partial charge in [0.2, 0.25) is 5.91 Å².